The first-order valence-electron chi connectivity index (χ1n) is 13.6. The van der Waals surface area contributed by atoms with Crippen molar-refractivity contribution in [1.82, 2.24) is 0 Å². The highest BCUT2D eigenvalue weighted by molar-refractivity contribution is 5.89. The zero-order valence-corrected chi connectivity index (χ0v) is 23.3. The van der Waals surface area contributed by atoms with E-state index in [0.29, 0.717) is 5.92 Å². The first-order valence-corrected chi connectivity index (χ1v) is 13.6. The number of fused-ring (bicyclic) bond motifs is 1. The van der Waals surface area contributed by atoms with E-state index in [-0.39, 0.29) is 5.41 Å². The van der Waals surface area contributed by atoms with Gasteiger partial charge in [-0.25, -0.2) is 0 Å². The van der Waals surface area contributed by atoms with Crippen LogP contribution in [0.15, 0.2) is 121 Å². The molecule has 188 valence electrons. The molecule has 1 unspecified atom stereocenters. The summed E-state index contributed by atoms with van der Waals surface area (Å²) < 4.78 is 0. The second kappa shape index (κ2) is 11.2. The lowest BCUT2D eigenvalue weighted by molar-refractivity contribution is 0.653. The third-order valence-corrected chi connectivity index (χ3v) is 7.46. The van der Waals surface area contributed by atoms with Crippen LogP contribution in [0.25, 0.3) is 22.3 Å². The number of rotatable bonds is 5. The molecule has 3 aromatic carbocycles. The zero-order chi connectivity index (χ0) is 26.6. The molecule has 2 aliphatic rings. The molecule has 2 aliphatic carbocycles. The largest absolute Gasteiger partial charge is 0.0984 e. The highest BCUT2D eigenvalue weighted by Gasteiger charge is 2.35. The molecule has 1 atom stereocenters. The standard InChI is InChI=1S/C35H34.C2H6/c1-6-31-32-21-20-30(23-34(32)35(4,5)33(31)22-24(2)3)29-18-16-28(17-19-29)27-14-12-26(13-15-27)25-10-8-7-9-11-25;1-2/h6-16,18-23,28H,1,17H2,2-5H3;1-2H3. The fraction of sp³-hybridized carbons (Fsp3) is 0.243. The van der Waals surface area contributed by atoms with Crippen molar-refractivity contribution < 1.29 is 0 Å². The molecule has 0 N–H and O–H groups in total. The Kier molecular flexibility index (Phi) is 7.98. The van der Waals surface area contributed by atoms with Gasteiger partial charge in [0.1, 0.15) is 0 Å². The Labute approximate surface area is 224 Å². The highest BCUT2D eigenvalue weighted by Crippen LogP contribution is 2.48. The Bertz CT molecular complexity index is 1380. The molecule has 0 bridgehead atoms. The minimum Gasteiger partial charge on any atom is -0.0984 e. The van der Waals surface area contributed by atoms with Crippen LogP contribution < -0.4 is 0 Å². The second-order valence-electron chi connectivity index (χ2n) is 10.5. The van der Waals surface area contributed by atoms with Crippen molar-refractivity contribution in [2.75, 3.05) is 0 Å². The monoisotopic (exact) mass is 484 g/mol. The van der Waals surface area contributed by atoms with E-state index in [2.05, 4.69) is 131 Å². The van der Waals surface area contributed by atoms with E-state index in [9.17, 15) is 0 Å². The molecular weight excluding hydrogens is 444 g/mol. The van der Waals surface area contributed by atoms with Gasteiger partial charge in [-0.2, -0.15) is 0 Å². The minimum atomic E-state index is -0.0336. The summed E-state index contributed by atoms with van der Waals surface area (Å²) >= 11 is 0. The fourth-order valence-corrected chi connectivity index (χ4v) is 5.50. The van der Waals surface area contributed by atoms with Crippen LogP contribution in [-0.4, -0.2) is 0 Å². The van der Waals surface area contributed by atoms with Gasteiger partial charge < -0.3 is 0 Å². The maximum Gasteiger partial charge on any atom is 0.0159 e. The van der Waals surface area contributed by atoms with Crippen LogP contribution in [0.1, 0.15) is 76.1 Å². The molecule has 0 heteroatoms. The van der Waals surface area contributed by atoms with Gasteiger partial charge in [0, 0.05) is 11.3 Å². The van der Waals surface area contributed by atoms with E-state index >= 15 is 0 Å². The molecule has 3 aromatic rings. The van der Waals surface area contributed by atoms with Gasteiger partial charge in [-0.05, 0) is 76.4 Å². The van der Waals surface area contributed by atoms with Crippen molar-refractivity contribution in [3.8, 4) is 11.1 Å². The molecule has 0 spiro atoms. The third kappa shape index (κ3) is 5.25. The minimum absolute atomic E-state index is 0.0336. The van der Waals surface area contributed by atoms with E-state index in [1.807, 2.05) is 19.9 Å². The van der Waals surface area contributed by atoms with Gasteiger partial charge in [-0.15, -0.1) is 0 Å². The average molecular weight is 485 g/mol. The van der Waals surface area contributed by atoms with Crippen molar-refractivity contribution in [1.29, 1.82) is 0 Å². The zero-order valence-electron chi connectivity index (χ0n) is 23.3. The van der Waals surface area contributed by atoms with E-state index in [1.165, 1.54) is 55.7 Å². The summed E-state index contributed by atoms with van der Waals surface area (Å²) in [7, 11) is 0. The van der Waals surface area contributed by atoms with Crippen LogP contribution in [0.5, 0.6) is 0 Å². The van der Waals surface area contributed by atoms with Crippen LogP contribution in [-0.2, 0) is 5.41 Å². The predicted molar refractivity (Wildman–Crippen MR) is 164 cm³/mol. The molecule has 0 aliphatic heterocycles. The summed E-state index contributed by atoms with van der Waals surface area (Å²) in [5.74, 6) is 0.424. The quantitative estimate of drug-likeness (QED) is 0.338. The first-order chi connectivity index (χ1) is 17.9. The number of hydrogen-bond donors (Lipinski definition) is 0. The van der Waals surface area contributed by atoms with E-state index in [1.54, 1.807) is 0 Å². The van der Waals surface area contributed by atoms with Gasteiger partial charge >= 0.3 is 0 Å². The fourth-order valence-electron chi connectivity index (χ4n) is 5.50. The lowest BCUT2D eigenvalue weighted by atomic mass is 9.79. The van der Waals surface area contributed by atoms with Crippen LogP contribution in [0.2, 0.25) is 0 Å². The molecule has 0 saturated carbocycles. The molecule has 0 heterocycles. The highest BCUT2D eigenvalue weighted by atomic mass is 14.4. The van der Waals surface area contributed by atoms with Crippen molar-refractivity contribution in [2.24, 2.45) is 0 Å². The van der Waals surface area contributed by atoms with Gasteiger partial charge in [0.05, 0.1) is 0 Å². The second-order valence-corrected chi connectivity index (χ2v) is 10.5. The Morgan fingerprint density at radius 2 is 1.51 bits per heavy atom. The molecule has 0 radical (unpaired) electrons. The normalized spacial score (nSPS) is 17.4. The summed E-state index contributed by atoms with van der Waals surface area (Å²) in [5.41, 5.74) is 13.2. The molecule has 0 amide bonds. The average Bonchev–Trinajstić information content (AvgIpc) is 3.15. The molecule has 0 saturated heterocycles. The number of allylic oxidation sites excluding steroid dienone is 9. The van der Waals surface area contributed by atoms with Crippen LogP contribution >= 0.6 is 0 Å². The topological polar surface area (TPSA) is 0 Å². The summed E-state index contributed by atoms with van der Waals surface area (Å²) in [6, 6.07) is 26.6. The van der Waals surface area contributed by atoms with Crippen LogP contribution in [0, 0.1) is 0 Å². The third-order valence-electron chi connectivity index (χ3n) is 7.46. The Morgan fingerprint density at radius 3 is 2.11 bits per heavy atom. The Balaban J connectivity index is 0.00000156. The van der Waals surface area contributed by atoms with Crippen LogP contribution in [0.3, 0.4) is 0 Å². The molecule has 0 nitrogen and oxygen atoms in total. The summed E-state index contributed by atoms with van der Waals surface area (Å²) in [5, 5.41) is 0. The molecule has 0 aromatic heterocycles. The van der Waals surface area contributed by atoms with Gasteiger partial charge in [0.25, 0.3) is 0 Å². The SMILES string of the molecule is C=CC1=C(C=C(C)C)C(C)(C)c2cc(C3=CCC(c4ccc(-c5ccccc5)cc4)C=C3)ccc21.CC. The van der Waals surface area contributed by atoms with Gasteiger partial charge in [0.2, 0.25) is 0 Å². The molecule has 5 rings (SSSR count). The van der Waals surface area contributed by atoms with Gasteiger partial charge in [-0.3, -0.25) is 0 Å². The summed E-state index contributed by atoms with van der Waals surface area (Å²) in [6.07, 6.45) is 12.4. The predicted octanol–water partition coefficient (Wildman–Crippen LogP) is 10.7. The van der Waals surface area contributed by atoms with Crippen LogP contribution in [0.4, 0.5) is 0 Å². The maximum atomic E-state index is 4.13. The van der Waals surface area contributed by atoms with Crippen molar-refractivity contribution in [3.05, 3.63) is 143 Å². The van der Waals surface area contributed by atoms with E-state index < -0.39 is 0 Å². The summed E-state index contributed by atoms with van der Waals surface area (Å²) in [4.78, 5) is 0. The lowest BCUT2D eigenvalue weighted by Crippen LogP contribution is -2.16. The Morgan fingerprint density at radius 1 is 0.865 bits per heavy atom. The molecule has 37 heavy (non-hydrogen) atoms. The number of hydrogen-bond acceptors (Lipinski definition) is 0. The molecule has 0 fully saturated rings. The summed E-state index contributed by atoms with van der Waals surface area (Å²) in [6.45, 7) is 17.1. The maximum absolute atomic E-state index is 4.13. The van der Waals surface area contributed by atoms with E-state index in [4.69, 9.17) is 0 Å². The number of benzene rings is 3. The van der Waals surface area contributed by atoms with Crippen molar-refractivity contribution in [3.63, 3.8) is 0 Å². The molecular formula is C37H40. The van der Waals surface area contributed by atoms with Crippen molar-refractivity contribution in [2.45, 2.75) is 59.3 Å². The smallest absolute Gasteiger partial charge is 0.0159 e. The van der Waals surface area contributed by atoms with Gasteiger partial charge in [0.15, 0.2) is 0 Å². The first kappa shape index (κ1) is 26.4. The Hall–Kier alpha value is -3.64. The van der Waals surface area contributed by atoms with Gasteiger partial charge in [-0.1, -0.05) is 137 Å². The van der Waals surface area contributed by atoms with Crippen molar-refractivity contribution >= 4 is 11.1 Å². The lowest BCUT2D eigenvalue weighted by Gasteiger charge is -2.24. The van der Waals surface area contributed by atoms with E-state index in [0.717, 1.165) is 6.42 Å².